The summed E-state index contributed by atoms with van der Waals surface area (Å²) in [4.78, 5) is 2.37. The Bertz CT molecular complexity index is 379. The number of nitrogens with one attached hydrogen (secondary N) is 1. The lowest BCUT2D eigenvalue weighted by Gasteiger charge is -2.30. The van der Waals surface area contributed by atoms with Crippen molar-refractivity contribution in [3.05, 3.63) is 34.9 Å². The summed E-state index contributed by atoms with van der Waals surface area (Å²) >= 11 is 6.22. The molecule has 19 heavy (non-hydrogen) atoms. The highest BCUT2D eigenvalue weighted by atomic mass is 35.5. The van der Waals surface area contributed by atoms with Crippen LogP contribution < -0.4 is 5.32 Å². The Morgan fingerprint density at radius 3 is 2.37 bits per heavy atom. The van der Waals surface area contributed by atoms with Crippen LogP contribution in [0.4, 0.5) is 0 Å². The van der Waals surface area contributed by atoms with E-state index in [4.69, 9.17) is 11.6 Å². The van der Waals surface area contributed by atoms with Gasteiger partial charge in [0.1, 0.15) is 0 Å². The molecule has 0 aliphatic rings. The molecule has 1 aromatic rings. The van der Waals surface area contributed by atoms with E-state index < -0.39 is 0 Å². The Kier molecular flexibility index (Phi) is 6.84. The molecule has 0 radical (unpaired) electrons. The van der Waals surface area contributed by atoms with Crippen LogP contribution in [0.3, 0.4) is 0 Å². The first kappa shape index (κ1) is 16.5. The first-order valence-corrected chi connectivity index (χ1v) is 7.46. The quantitative estimate of drug-likeness (QED) is 0.818. The Labute approximate surface area is 123 Å². The fourth-order valence-corrected chi connectivity index (χ4v) is 2.26. The van der Waals surface area contributed by atoms with Crippen molar-refractivity contribution in [1.29, 1.82) is 0 Å². The zero-order chi connectivity index (χ0) is 14.4. The Morgan fingerprint density at radius 2 is 1.79 bits per heavy atom. The van der Waals surface area contributed by atoms with E-state index in [1.807, 2.05) is 18.2 Å². The van der Waals surface area contributed by atoms with Crippen LogP contribution >= 0.6 is 11.6 Å². The van der Waals surface area contributed by atoms with Crippen molar-refractivity contribution >= 4 is 11.6 Å². The number of halogens is 1. The lowest BCUT2D eigenvalue weighted by atomic mass is 10.0. The number of rotatable bonds is 7. The van der Waals surface area contributed by atoms with Gasteiger partial charge < -0.3 is 5.32 Å². The topological polar surface area (TPSA) is 15.3 Å². The van der Waals surface area contributed by atoms with E-state index in [0.717, 1.165) is 18.1 Å². The maximum atomic E-state index is 6.22. The summed E-state index contributed by atoms with van der Waals surface area (Å²) in [5.41, 5.74) is 1.20. The molecule has 2 unspecified atom stereocenters. The van der Waals surface area contributed by atoms with Gasteiger partial charge in [-0.25, -0.2) is 0 Å². The lowest BCUT2D eigenvalue weighted by molar-refractivity contribution is 0.187. The van der Waals surface area contributed by atoms with Crippen LogP contribution in [0.25, 0.3) is 0 Å². The van der Waals surface area contributed by atoms with E-state index in [9.17, 15) is 0 Å². The van der Waals surface area contributed by atoms with Crippen LogP contribution in [0.1, 0.15) is 33.3 Å². The zero-order valence-electron chi connectivity index (χ0n) is 12.8. The molecule has 0 saturated carbocycles. The molecular formula is C16H27ClN2. The molecule has 0 amide bonds. The fraction of sp³-hybridized carbons (Fsp3) is 0.625. The van der Waals surface area contributed by atoms with Crippen LogP contribution in [0, 0.1) is 5.92 Å². The van der Waals surface area contributed by atoms with E-state index in [1.54, 1.807) is 0 Å². The zero-order valence-corrected chi connectivity index (χ0v) is 13.5. The highest BCUT2D eigenvalue weighted by Crippen LogP contribution is 2.19. The van der Waals surface area contributed by atoms with E-state index >= 15 is 0 Å². The maximum absolute atomic E-state index is 6.22. The average Bonchev–Trinajstić information content (AvgIpc) is 2.37. The third-order valence-corrected chi connectivity index (χ3v) is 4.11. The van der Waals surface area contributed by atoms with Gasteiger partial charge in [-0.15, -0.1) is 0 Å². The maximum Gasteiger partial charge on any atom is 0.0451 e. The highest BCUT2D eigenvalue weighted by Gasteiger charge is 2.17. The van der Waals surface area contributed by atoms with E-state index in [0.29, 0.717) is 18.0 Å². The van der Waals surface area contributed by atoms with E-state index in [-0.39, 0.29) is 0 Å². The molecule has 0 aliphatic heterocycles. The minimum Gasteiger partial charge on any atom is -0.314 e. The first-order valence-electron chi connectivity index (χ1n) is 7.08. The second-order valence-corrected chi connectivity index (χ2v) is 6.19. The number of hydrogen-bond acceptors (Lipinski definition) is 2. The smallest absolute Gasteiger partial charge is 0.0451 e. The molecular weight excluding hydrogens is 256 g/mol. The summed E-state index contributed by atoms with van der Waals surface area (Å²) in [6, 6.07) is 9.14. The highest BCUT2D eigenvalue weighted by molar-refractivity contribution is 6.31. The van der Waals surface area contributed by atoms with Crippen molar-refractivity contribution in [2.75, 3.05) is 13.6 Å². The van der Waals surface area contributed by atoms with Gasteiger partial charge in [-0.3, -0.25) is 4.90 Å². The normalized spacial score (nSPS) is 14.9. The number of benzene rings is 1. The van der Waals surface area contributed by atoms with Gasteiger partial charge in [0.2, 0.25) is 0 Å². The largest absolute Gasteiger partial charge is 0.314 e. The predicted molar refractivity (Wildman–Crippen MR) is 84.7 cm³/mol. The molecule has 1 aromatic carbocycles. The van der Waals surface area contributed by atoms with Gasteiger partial charge in [-0.2, -0.15) is 0 Å². The summed E-state index contributed by atoms with van der Waals surface area (Å²) < 4.78 is 0. The van der Waals surface area contributed by atoms with Gasteiger partial charge in [-0.1, -0.05) is 50.6 Å². The second-order valence-electron chi connectivity index (χ2n) is 5.79. The summed E-state index contributed by atoms with van der Waals surface area (Å²) in [6.45, 7) is 10.9. The predicted octanol–water partition coefficient (Wildman–Crippen LogP) is 3.79. The van der Waals surface area contributed by atoms with Crippen molar-refractivity contribution in [1.82, 2.24) is 10.2 Å². The summed E-state index contributed by atoms with van der Waals surface area (Å²) in [6.07, 6.45) is 0. The molecule has 108 valence electrons. The van der Waals surface area contributed by atoms with Crippen molar-refractivity contribution in [2.24, 2.45) is 5.92 Å². The van der Waals surface area contributed by atoms with Crippen molar-refractivity contribution in [3.63, 3.8) is 0 Å². The van der Waals surface area contributed by atoms with Gasteiger partial charge in [0.15, 0.2) is 0 Å². The summed E-state index contributed by atoms with van der Waals surface area (Å²) in [5, 5.41) is 4.36. The van der Waals surface area contributed by atoms with E-state index in [1.165, 1.54) is 5.56 Å². The van der Waals surface area contributed by atoms with Gasteiger partial charge in [0, 0.05) is 23.7 Å². The molecule has 0 fully saturated rings. The third-order valence-electron chi connectivity index (χ3n) is 3.74. The van der Waals surface area contributed by atoms with E-state index in [2.05, 4.69) is 51.0 Å². The van der Waals surface area contributed by atoms with Crippen LogP contribution in [-0.2, 0) is 6.54 Å². The average molecular weight is 283 g/mol. The molecule has 0 spiro atoms. The standard InChI is InChI=1S/C16H27ClN2/c1-12(2)18-10-13(3)14(4)19(5)11-15-8-6-7-9-16(15)17/h6-9,12-14,18H,10-11H2,1-5H3. The van der Waals surface area contributed by atoms with Gasteiger partial charge in [-0.05, 0) is 38.1 Å². The van der Waals surface area contributed by atoms with Crippen molar-refractivity contribution in [2.45, 2.75) is 46.3 Å². The van der Waals surface area contributed by atoms with Crippen LogP contribution in [0.2, 0.25) is 5.02 Å². The molecule has 1 rings (SSSR count). The number of nitrogens with zero attached hydrogens (tertiary/aromatic N) is 1. The second kappa shape index (κ2) is 7.88. The summed E-state index contributed by atoms with van der Waals surface area (Å²) in [5.74, 6) is 0.606. The van der Waals surface area contributed by atoms with Crippen LogP contribution in [0.15, 0.2) is 24.3 Å². The molecule has 0 saturated heterocycles. The van der Waals surface area contributed by atoms with Crippen LogP contribution in [-0.4, -0.2) is 30.6 Å². The van der Waals surface area contributed by atoms with Crippen LogP contribution in [0.5, 0.6) is 0 Å². The number of hydrogen-bond donors (Lipinski definition) is 1. The molecule has 3 heteroatoms. The minimum atomic E-state index is 0.516. The Morgan fingerprint density at radius 1 is 1.16 bits per heavy atom. The molecule has 0 heterocycles. The van der Waals surface area contributed by atoms with Crippen molar-refractivity contribution < 1.29 is 0 Å². The van der Waals surface area contributed by atoms with Gasteiger partial charge in [0.05, 0.1) is 0 Å². The molecule has 2 nitrogen and oxygen atoms in total. The monoisotopic (exact) mass is 282 g/mol. The van der Waals surface area contributed by atoms with Gasteiger partial charge in [0.25, 0.3) is 0 Å². The molecule has 0 aliphatic carbocycles. The van der Waals surface area contributed by atoms with Gasteiger partial charge >= 0.3 is 0 Å². The fourth-order valence-electron chi connectivity index (χ4n) is 2.07. The first-order chi connectivity index (χ1) is 8.91. The SMILES string of the molecule is CC(C)NCC(C)C(C)N(C)Cc1ccccc1Cl. The Balaban J connectivity index is 2.52. The molecule has 0 bridgehead atoms. The molecule has 0 aromatic heterocycles. The molecule has 1 N–H and O–H groups in total. The third kappa shape index (κ3) is 5.52. The molecule has 2 atom stereocenters. The summed E-state index contributed by atoms with van der Waals surface area (Å²) in [7, 11) is 2.17. The Hall–Kier alpha value is -0.570. The minimum absolute atomic E-state index is 0.516. The lowest BCUT2D eigenvalue weighted by Crippen LogP contribution is -2.40. The van der Waals surface area contributed by atoms with Crippen molar-refractivity contribution in [3.8, 4) is 0 Å².